The second-order valence-corrected chi connectivity index (χ2v) is 4.67. The molecule has 0 aliphatic rings. The Morgan fingerprint density at radius 2 is 2.00 bits per heavy atom. The maximum Gasteiger partial charge on any atom is 0.225 e. The van der Waals surface area contributed by atoms with Gasteiger partial charge in [0.25, 0.3) is 0 Å². The number of rotatable bonds is 2. The number of nitrogens with one attached hydrogen (secondary N) is 1. The molecule has 0 aliphatic carbocycles. The van der Waals surface area contributed by atoms with Crippen LogP contribution in [-0.4, -0.2) is 10.9 Å². The van der Waals surface area contributed by atoms with Gasteiger partial charge in [-0.2, -0.15) is 0 Å². The number of hydrogen-bond donors (Lipinski definition) is 1. The molecule has 0 saturated heterocycles. The van der Waals surface area contributed by atoms with Crippen LogP contribution in [0.4, 0.5) is 0 Å². The van der Waals surface area contributed by atoms with Crippen LogP contribution < -0.4 is 5.32 Å². The number of aromatic nitrogens is 1. The van der Waals surface area contributed by atoms with E-state index in [-0.39, 0.29) is 11.3 Å². The summed E-state index contributed by atoms with van der Waals surface area (Å²) in [5.41, 5.74) is 0.463. The Hall–Kier alpha value is -1.32. The van der Waals surface area contributed by atoms with Crippen LogP contribution in [0.5, 0.6) is 0 Å². The van der Waals surface area contributed by atoms with Gasteiger partial charge < -0.3 is 9.73 Å². The first-order valence-electron chi connectivity index (χ1n) is 5.02. The minimum atomic E-state index is -0.372. The van der Waals surface area contributed by atoms with Crippen molar-refractivity contribution in [3.05, 3.63) is 17.3 Å². The summed E-state index contributed by atoms with van der Waals surface area (Å²) in [5, 5.41) is 2.82. The van der Waals surface area contributed by atoms with E-state index in [1.54, 1.807) is 6.92 Å². The van der Waals surface area contributed by atoms with Gasteiger partial charge in [0, 0.05) is 12.3 Å². The topological polar surface area (TPSA) is 55.1 Å². The zero-order valence-electron chi connectivity index (χ0n) is 9.97. The number of oxazole rings is 1. The molecule has 0 bridgehead atoms. The Morgan fingerprint density at radius 1 is 1.40 bits per heavy atom. The van der Waals surface area contributed by atoms with E-state index in [0.717, 1.165) is 11.5 Å². The lowest BCUT2D eigenvalue weighted by atomic mass is 9.96. The van der Waals surface area contributed by atoms with E-state index in [9.17, 15) is 4.79 Å². The molecule has 1 heterocycles. The van der Waals surface area contributed by atoms with E-state index in [4.69, 9.17) is 4.42 Å². The SMILES string of the molecule is Cc1nc(C)c(CNC(=O)C(C)(C)C)o1. The molecule has 0 radical (unpaired) electrons. The average Bonchev–Trinajstić information content (AvgIpc) is 2.39. The fourth-order valence-corrected chi connectivity index (χ4v) is 1.16. The second kappa shape index (κ2) is 4.04. The van der Waals surface area contributed by atoms with Crippen LogP contribution in [0, 0.1) is 19.3 Å². The highest BCUT2D eigenvalue weighted by Crippen LogP contribution is 2.14. The number of amides is 1. The Bertz CT molecular complexity index is 361. The molecule has 4 nitrogen and oxygen atoms in total. The van der Waals surface area contributed by atoms with Crippen LogP contribution in [0.3, 0.4) is 0 Å². The maximum absolute atomic E-state index is 11.6. The fraction of sp³-hybridized carbons (Fsp3) is 0.636. The van der Waals surface area contributed by atoms with Gasteiger partial charge in [0.2, 0.25) is 5.91 Å². The largest absolute Gasteiger partial charge is 0.444 e. The molecule has 1 aromatic heterocycles. The first-order chi connectivity index (χ1) is 6.80. The third-order valence-electron chi connectivity index (χ3n) is 2.09. The molecule has 0 aliphatic heterocycles. The van der Waals surface area contributed by atoms with Crippen molar-refractivity contribution < 1.29 is 9.21 Å². The number of hydrogen-bond acceptors (Lipinski definition) is 3. The van der Waals surface area contributed by atoms with Gasteiger partial charge >= 0.3 is 0 Å². The minimum Gasteiger partial charge on any atom is -0.444 e. The lowest BCUT2D eigenvalue weighted by molar-refractivity contribution is -0.128. The summed E-state index contributed by atoms with van der Waals surface area (Å²) in [4.78, 5) is 15.7. The van der Waals surface area contributed by atoms with Crippen LogP contribution >= 0.6 is 0 Å². The predicted molar refractivity (Wildman–Crippen MR) is 57.3 cm³/mol. The van der Waals surface area contributed by atoms with Crippen LogP contribution in [0.1, 0.15) is 38.1 Å². The van der Waals surface area contributed by atoms with Gasteiger partial charge in [-0.1, -0.05) is 20.8 Å². The highest BCUT2D eigenvalue weighted by Gasteiger charge is 2.21. The Labute approximate surface area is 90.1 Å². The van der Waals surface area contributed by atoms with Crippen LogP contribution in [-0.2, 0) is 11.3 Å². The predicted octanol–water partition coefficient (Wildman–Crippen LogP) is 1.95. The monoisotopic (exact) mass is 210 g/mol. The van der Waals surface area contributed by atoms with E-state index in [1.165, 1.54) is 0 Å². The molecule has 0 spiro atoms. The molecule has 15 heavy (non-hydrogen) atoms. The molecule has 1 rings (SSSR count). The third kappa shape index (κ3) is 3.08. The lowest BCUT2D eigenvalue weighted by Crippen LogP contribution is -2.34. The molecular weight excluding hydrogens is 192 g/mol. The van der Waals surface area contributed by atoms with Crippen molar-refractivity contribution in [3.63, 3.8) is 0 Å². The Morgan fingerprint density at radius 3 is 2.40 bits per heavy atom. The Balaban J connectivity index is 2.58. The zero-order chi connectivity index (χ0) is 11.6. The molecule has 1 amide bonds. The van der Waals surface area contributed by atoms with Gasteiger partial charge in [0.05, 0.1) is 12.2 Å². The van der Waals surface area contributed by atoms with Crippen molar-refractivity contribution >= 4 is 5.91 Å². The number of carbonyl (C=O) groups is 1. The summed E-state index contributed by atoms with van der Waals surface area (Å²) < 4.78 is 5.35. The molecule has 0 unspecified atom stereocenters. The Kier molecular flexibility index (Phi) is 3.17. The van der Waals surface area contributed by atoms with Crippen molar-refractivity contribution in [1.29, 1.82) is 0 Å². The molecule has 4 heteroatoms. The van der Waals surface area contributed by atoms with Crippen LogP contribution in [0.25, 0.3) is 0 Å². The van der Waals surface area contributed by atoms with Crippen molar-refractivity contribution in [2.45, 2.75) is 41.2 Å². The number of nitrogens with zero attached hydrogens (tertiary/aromatic N) is 1. The molecule has 84 valence electrons. The minimum absolute atomic E-state index is 0.0101. The van der Waals surface area contributed by atoms with Crippen LogP contribution in [0.2, 0.25) is 0 Å². The quantitative estimate of drug-likeness (QED) is 0.811. The average molecular weight is 210 g/mol. The smallest absolute Gasteiger partial charge is 0.225 e. The second-order valence-electron chi connectivity index (χ2n) is 4.67. The van der Waals surface area contributed by atoms with E-state index in [1.807, 2.05) is 27.7 Å². The van der Waals surface area contributed by atoms with Crippen molar-refractivity contribution in [3.8, 4) is 0 Å². The van der Waals surface area contributed by atoms with E-state index >= 15 is 0 Å². The van der Waals surface area contributed by atoms with Crippen LogP contribution in [0.15, 0.2) is 4.42 Å². The zero-order valence-corrected chi connectivity index (χ0v) is 9.97. The van der Waals surface area contributed by atoms with E-state index in [2.05, 4.69) is 10.3 Å². The summed E-state index contributed by atoms with van der Waals surface area (Å²) in [7, 11) is 0. The molecular formula is C11H18N2O2. The van der Waals surface area contributed by atoms with Gasteiger partial charge in [-0.05, 0) is 6.92 Å². The maximum atomic E-state index is 11.6. The van der Waals surface area contributed by atoms with Gasteiger partial charge in [-0.15, -0.1) is 0 Å². The summed E-state index contributed by atoms with van der Waals surface area (Å²) in [6, 6.07) is 0. The van der Waals surface area contributed by atoms with Crippen molar-refractivity contribution in [2.75, 3.05) is 0 Å². The van der Waals surface area contributed by atoms with Crippen molar-refractivity contribution in [2.24, 2.45) is 5.41 Å². The summed E-state index contributed by atoms with van der Waals surface area (Å²) >= 11 is 0. The third-order valence-corrected chi connectivity index (χ3v) is 2.09. The molecule has 0 fully saturated rings. The van der Waals surface area contributed by atoms with E-state index < -0.39 is 0 Å². The normalized spacial score (nSPS) is 11.5. The number of carbonyl (C=O) groups excluding carboxylic acids is 1. The molecule has 0 aromatic carbocycles. The molecule has 1 aromatic rings. The fourth-order valence-electron chi connectivity index (χ4n) is 1.16. The summed E-state index contributed by atoms with van der Waals surface area (Å²) in [5.74, 6) is 1.37. The van der Waals surface area contributed by atoms with Gasteiger partial charge in [0.1, 0.15) is 5.76 Å². The van der Waals surface area contributed by atoms with Gasteiger partial charge in [-0.25, -0.2) is 4.98 Å². The molecule has 0 saturated carbocycles. The summed E-state index contributed by atoms with van der Waals surface area (Å²) in [6.07, 6.45) is 0. The van der Waals surface area contributed by atoms with E-state index in [0.29, 0.717) is 12.4 Å². The number of aryl methyl sites for hydroxylation is 2. The molecule has 0 atom stereocenters. The van der Waals surface area contributed by atoms with Gasteiger partial charge in [-0.3, -0.25) is 4.79 Å². The first kappa shape index (κ1) is 11.8. The highest BCUT2D eigenvalue weighted by atomic mass is 16.4. The standard InChI is InChI=1S/C11H18N2O2/c1-7-9(15-8(2)13-7)6-12-10(14)11(3,4)5/h6H2,1-5H3,(H,12,14). The summed E-state index contributed by atoms with van der Waals surface area (Å²) in [6.45, 7) is 9.70. The van der Waals surface area contributed by atoms with Gasteiger partial charge in [0.15, 0.2) is 5.89 Å². The molecule has 1 N–H and O–H groups in total. The lowest BCUT2D eigenvalue weighted by Gasteiger charge is -2.16. The highest BCUT2D eigenvalue weighted by molar-refractivity contribution is 5.81. The first-order valence-corrected chi connectivity index (χ1v) is 5.02. The van der Waals surface area contributed by atoms with Crippen molar-refractivity contribution in [1.82, 2.24) is 10.3 Å².